The topological polar surface area (TPSA) is 111 Å². The maximum absolute atomic E-state index is 13.4. The highest BCUT2D eigenvalue weighted by Crippen LogP contribution is 2.42. The van der Waals surface area contributed by atoms with Crippen molar-refractivity contribution in [3.05, 3.63) is 51.3 Å². The number of non-ortho nitro benzene ring substituents is 1. The van der Waals surface area contributed by atoms with Crippen molar-refractivity contribution in [2.24, 2.45) is 10.9 Å². The quantitative estimate of drug-likeness (QED) is 0.375. The fourth-order valence-corrected chi connectivity index (χ4v) is 4.31. The Bertz CT molecular complexity index is 962. The number of hydrogen-bond donors (Lipinski definition) is 0. The van der Waals surface area contributed by atoms with Gasteiger partial charge in [-0.1, -0.05) is 12.1 Å². The molecule has 2 heterocycles. The molecule has 0 saturated carbocycles. The van der Waals surface area contributed by atoms with E-state index in [1.54, 1.807) is 32.9 Å². The first-order valence-electron chi connectivity index (χ1n) is 10.8. The van der Waals surface area contributed by atoms with Gasteiger partial charge in [-0.2, -0.15) is 0 Å². The number of nitrogens with zero attached hydrogens (tertiary/aromatic N) is 3. The number of hydrogen-bond acceptors (Lipinski definition) is 8. The average molecular weight is 444 g/mol. The molecule has 9 nitrogen and oxygen atoms in total. The van der Waals surface area contributed by atoms with Gasteiger partial charge in [-0.25, -0.2) is 9.79 Å². The molecule has 32 heavy (non-hydrogen) atoms. The molecule has 2 unspecified atom stereocenters. The standard InChI is InChI=1S/C23H29N3O6/c1-14(2)32-23(28)20-19(16-9-8-10-17(13-16)26(29)30)18(22(27)31-4)15(3)24-21(20)25-11-6-5-7-12-25/h8-10,13-14,18-19H,5-7,11-12H2,1-4H3. The number of aliphatic imine (C=N–C) groups is 1. The van der Waals surface area contributed by atoms with Crippen molar-refractivity contribution in [2.45, 2.75) is 52.1 Å². The van der Waals surface area contributed by atoms with Crippen LogP contribution in [0.25, 0.3) is 0 Å². The minimum Gasteiger partial charge on any atom is -0.468 e. The average Bonchev–Trinajstić information content (AvgIpc) is 2.77. The van der Waals surface area contributed by atoms with Crippen LogP contribution in [0.1, 0.15) is 51.5 Å². The van der Waals surface area contributed by atoms with E-state index in [0.717, 1.165) is 32.4 Å². The molecular weight excluding hydrogens is 414 g/mol. The van der Waals surface area contributed by atoms with Gasteiger partial charge in [-0.05, 0) is 45.6 Å². The van der Waals surface area contributed by atoms with Gasteiger partial charge in [-0.3, -0.25) is 14.9 Å². The minimum absolute atomic E-state index is 0.123. The molecular formula is C23H29N3O6. The fourth-order valence-electron chi connectivity index (χ4n) is 4.31. The maximum Gasteiger partial charge on any atom is 0.338 e. The molecule has 0 aliphatic carbocycles. The van der Waals surface area contributed by atoms with Crippen molar-refractivity contribution in [2.75, 3.05) is 20.2 Å². The summed E-state index contributed by atoms with van der Waals surface area (Å²) in [6.07, 6.45) is 2.64. The largest absolute Gasteiger partial charge is 0.468 e. The Morgan fingerprint density at radius 2 is 1.91 bits per heavy atom. The molecule has 0 aromatic heterocycles. The van der Waals surface area contributed by atoms with E-state index < -0.39 is 28.7 Å². The molecule has 1 fully saturated rings. The molecule has 2 aliphatic heterocycles. The van der Waals surface area contributed by atoms with E-state index in [-0.39, 0.29) is 17.4 Å². The minimum atomic E-state index is -0.898. The highest BCUT2D eigenvalue weighted by atomic mass is 16.6. The Hall–Kier alpha value is -3.23. The lowest BCUT2D eigenvalue weighted by Crippen LogP contribution is -2.41. The lowest BCUT2D eigenvalue weighted by molar-refractivity contribution is -0.384. The van der Waals surface area contributed by atoms with Crippen molar-refractivity contribution in [3.8, 4) is 0 Å². The molecule has 0 amide bonds. The number of rotatable bonds is 6. The molecule has 0 radical (unpaired) electrons. The third-order valence-corrected chi connectivity index (χ3v) is 5.73. The van der Waals surface area contributed by atoms with Gasteiger partial charge in [-0.15, -0.1) is 0 Å². The predicted molar refractivity (Wildman–Crippen MR) is 118 cm³/mol. The number of piperidine rings is 1. The van der Waals surface area contributed by atoms with Crippen molar-refractivity contribution in [3.63, 3.8) is 0 Å². The molecule has 0 bridgehead atoms. The maximum atomic E-state index is 13.4. The van der Waals surface area contributed by atoms with Gasteiger partial charge in [0.25, 0.3) is 5.69 Å². The van der Waals surface area contributed by atoms with E-state index in [1.165, 1.54) is 19.2 Å². The van der Waals surface area contributed by atoms with Gasteiger partial charge in [0.15, 0.2) is 0 Å². The van der Waals surface area contributed by atoms with Crippen LogP contribution in [0.3, 0.4) is 0 Å². The second-order valence-corrected chi connectivity index (χ2v) is 8.32. The molecule has 172 valence electrons. The highest BCUT2D eigenvalue weighted by Gasteiger charge is 2.44. The molecule has 2 aliphatic rings. The summed E-state index contributed by atoms with van der Waals surface area (Å²) < 4.78 is 10.6. The van der Waals surface area contributed by atoms with Crippen LogP contribution in [-0.4, -0.2) is 53.8 Å². The fraction of sp³-hybridized carbons (Fsp3) is 0.522. The van der Waals surface area contributed by atoms with Gasteiger partial charge in [0.2, 0.25) is 0 Å². The number of carbonyl (C=O) groups is 2. The zero-order valence-corrected chi connectivity index (χ0v) is 18.9. The molecule has 0 N–H and O–H groups in total. The molecule has 9 heteroatoms. The number of nitro groups is 1. The van der Waals surface area contributed by atoms with Gasteiger partial charge in [0.05, 0.1) is 23.7 Å². The Morgan fingerprint density at radius 3 is 2.50 bits per heavy atom. The normalized spacial score (nSPS) is 21.3. The third-order valence-electron chi connectivity index (χ3n) is 5.73. The van der Waals surface area contributed by atoms with Crippen LogP contribution < -0.4 is 0 Å². The monoisotopic (exact) mass is 443 g/mol. The summed E-state index contributed by atoms with van der Waals surface area (Å²) in [4.78, 5) is 43.8. The molecule has 1 aromatic carbocycles. The molecule has 0 spiro atoms. The van der Waals surface area contributed by atoms with Crippen molar-refractivity contribution < 1.29 is 24.0 Å². The second kappa shape index (κ2) is 9.93. The number of carbonyl (C=O) groups excluding carboxylic acids is 2. The Morgan fingerprint density at radius 1 is 1.22 bits per heavy atom. The summed E-state index contributed by atoms with van der Waals surface area (Å²) in [5.41, 5.74) is 1.08. The molecule has 1 saturated heterocycles. The van der Waals surface area contributed by atoms with E-state index in [4.69, 9.17) is 9.47 Å². The van der Waals surface area contributed by atoms with Crippen LogP contribution in [-0.2, 0) is 19.1 Å². The summed E-state index contributed by atoms with van der Waals surface area (Å²) in [6, 6.07) is 6.01. The van der Waals surface area contributed by atoms with Gasteiger partial charge < -0.3 is 14.4 Å². The lowest BCUT2D eigenvalue weighted by Gasteiger charge is -2.37. The molecule has 2 atom stereocenters. The summed E-state index contributed by atoms with van der Waals surface area (Å²) in [5.74, 6) is -2.38. The van der Waals surface area contributed by atoms with E-state index in [2.05, 4.69) is 4.99 Å². The Kier molecular flexibility index (Phi) is 7.27. The van der Waals surface area contributed by atoms with Crippen molar-refractivity contribution in [1.29, 1.82) is 0 Å². The zero-order chi connectivity index (χ0) is 23.4. The SMILES string of the molecule is COC(=O)C1C(C)=NC(N2CCCCC2)=C(C(=O)OC(C)C)C1c1cccc([N+](=O)[O-])c1. The number of esters is 2. The van der Waals surface area contributed by atoms with Crippen molar-refractivity contribution in [1.82, 2.24) is 4.90 Å². The first-order chi connectivity index (χ1) is 15.2. The first kappa shape index (κ1) is 23.4. The van der Waals surface area contributed by atoms with Crippen LogP contribution in [0.15, 0.2) is 40.7 Å². The van der Waals surface area contributed by atoms with E-state index >= 15 is 0 Å². The summed E-state index contributed by atoms with van der Waals surface area (Å²) in [7, 11) is 1.27. The Labute approximate surface area is 187 Å². The predicted octanol–water partition coefficient (Wildman–Crippen LogP) is 3.59. The van der Waals surface area contributed by atoms with Crippen molar-refractivity contribution >= 4 is 23.3 Å². The number of nitro benzene ring substituents is 1. The third kappa shape index (κ3) is 4.81. The molecule has 1 aromatic rings. The highest BCUT2D eigenvalue weighted by molar-refractivity contribution is 6.07. The molecule has 3 rings (SSSR count). The number of methoxy groups -OCH3 is 1. The first-order valence-corrected chi connectivity index (χ1v) is 10.8. The van der Waals surface area contributed by atoms with Crippen LogP contribution in [0.5, 0.6) is 0 Å². The summed E-state index contributed by atoms with van der Waals surface area (Å²) in [6.45, 7) is 6.68. The second-order valence-electron chi connectivity index (χ2n) is 8.32. The van der Waals surface area contributed by atoms with E-state index in [0.29, 0.717) is 17.1 Å². The van der Waals surface area contributed by atoms with Gasteiger partial charge in [0.1, 0.15) is 11.7 Å². The van der Waals surface area contributed by atoms with Gasteiger partial charge >= 0.3 is 11.9 Å². The number of ether oxygens (including phenoxy) is 2. The van der Waals surface area contributed by atoms with Crippen LogP contribution in [0.2, 0.25) is 0 Å². The van der Waals surface area contributed by atoms with E-state index in [9.17, 15) is 19.7 Å². The van der Waals surface area contributed by atoms with Crippen LogP contribution >= 0.6 is 0 Å². The summed E-state index contributed by atoms with van der Waals surface area (Å²) >= 11 is 0. The zero-order valence-electron chi connectivity index (χ0n) is 18.9. The van der Waals surface area contributed by atoms with E-state index in [1.807, 2.05) is 4.90 Å². The van der Waals surface area contributed by atoms with Crippen LogP contribution in [0.4, 0.5) is 5.69 Å². The number of likely N-dealkylation sites (tertiary alicyclic amines) is 1. The summed E-state index contributed by atoms with van der Waals surface area (Å²) in [5, 5.41) is 11.4. The smallest absolute Gasteiger partial charge is 0.338 e. The lowest BCUT2D eigenvalue weighted by atomic mass is 9.76. The van der Waals surface area contributed by atoms with Crippen LogP contribution in [0, 0.1) is 16.0 Å². The number of benzene rings is 1. The Balaban J connectivity index is 2.25. The van der Waals surface area contributed by atoms with Gasteiger partial charge in [0, 0.05) is 36.9 Å².